The van der Waals surface area contributed by atoms with E-state index in [1.54, 1.807) is 29.4 Å². The third-order valence-corrected chi connectivity index (χ3v) is 6.52. The van der Waals surface area contributed by atoms with E-state index < -0.39 is 0 Å². The van der Waals surface area contributed by atoms with E-state index in [1.165, 1.54) is 11.1 Å². The lowest BCUT2D eigenvalue weighted by atomic mass is 10.1. The van der Waals surface area contributed by atoms with Crippen molar-refractivity contribution in [3.63, 3.8) is 0 Å². The maximum atomic E-state index is 12.3. The lowest BCUT2D eigenvalue weighted by Crippen LogP contribution is -2.40. The van der Waals surface area contributed by atoms with E-state index in [1.807, 2.05) is 23.1 Å². The Morgan fingerprint density at radius 3 is 2.81 bits per heavy atom. The minimum atomic E-state index is 0.229. The van der Waals surface area contributed by atoms with E-state index in [2.05, 4.69) is 27.5 Å². The van der Waals surface area contributed by atoms with Gasteiger partial charge in [0.15, 0.2) is 0 Å². The second kappa shape index (κ2) is 8.82. The Labute approximate surface area is 166 Å². The van der Waals surface area contributed by atoms with Gasteiger partial charge in [-0.1, -0.05) is 30.3 Å². The molecule has 3 aromatic rings. The van der Waals surface area contributed by atoms with Crippen LogP contribution in [-0.2, 0) is 9.53 Å². The third-order valence-electron chi connectivity index (χ3n) is 4.56. The van der Waals surface area contributed by atoms with Crippen LogP contribution >= 0.6 is 23.1 Å². The predicted molar refractivity (Wildman–Crippen MR) is 110 cm³/mol. The number of nitrogens with zero attached hydrogens (tertiary/aromatic N) is 3. The van der Waals surface area contributed by atoms with Crippen LogP contribution in [0.4, 0.5) is 0 Å². The maximum Gasteiger partial charge on any atom is 0.222 e. The monoisotopic (exact) mass is 399 g/mol. The summed E-state index contributed by atoms with van der Waals surface area (Å²) in [6, 6.07) is 10.4. The third kappa shape index (κ3) is 4.31. The van der Waals surface area contributed by atoms with Crippen molar-refractivity contribution >= 4 is 39.2 Å². The molecule has 0 atom stereocenters. The zero-order chi connectivity index (χ0) is 18.5. The molecule has 0 bridgehead atoms. The van der Waals surface area contributed by atoms with Crippen LogP contribution < -0.4 is 0 Å². The smallest absolute Gasteiger partial charge is 0.222 e. The molecule has 4 rings (SSSR count). The lowest BCUT2D eigenvalue weighted by molar-refractivity contribution is -0.135. The van der Waals surface area contributed by atoms with Crippen LogP contribution in [0, 0.1) is 0 Å². The summed E-state index contributed by atoms with van der Waals surface area (Å²) in [5.74, 6) is 1.10. The Morgan fingerprint density at radius 1 is 1.19 bits per heavy atom. The number of benzene rings is 1. The number of aromatic nitrogens is 2. The molecule has 1 fully saturated rings. The molecule has 1 amide bonds. The lowest BCUT2D eigenvalue weighted by Gasteiger charge is -2.26. The Balaban J connectivity index is 1.42. The van der Waals surface area contributed by atoms with Gasteiger partial charge >= 0.3 is 0 Å². The van der Waals surface area contributed by atoms with Gasteiger partial charge in [-0.3, -0.25) is 4.79 Å². The second-order valence-electron chi connectivity index (χ2n) is 6.32. The number of hydrogen-bond donors (Lipinski definition) is 0. The molecule has 1 aliphatic rings. The van der Waals surface area contributed by atoms with E-state index in [9.17, 15) is 4.79 Å². The van der Waals surface area contributed by atoms with Gasteiger partial charge in [-0.05, 0) is 12.0 Å². The van der Waals surface area contributed by atoms with Gasteiger partial charge in [0, 0.05) is 36.2 Å². The first-order valence-electron chi connectivity index (χ1n) is 9.09. The van der Waals surface area contributed by atoms with Gasteiger partial charge in [0.2, 0.25) is 5.91 Å². The van der Waals surface area contributed by atoms with Gasteiger partial charge in [-0.2, -0.15) is 0 Å². The van der Waals surface area contributed by atoms with Crippen LogP contribution in [0.5, 0.6) is 0 Å². The number of carbonyl (C=O) groups is 1. The summed E-state index contributed by atoms with van der Waals surface area (Å²) < 4.78 is 5.30. The van der Waals surface area contributed by atoms with E-state index in [-0.39, 0.29) is 5.91 Å². The molecule has 140 valence electrons. The van der Waals surface area contributed by atoms with Crippen molar-refractivity contribution in [2.75, 3.05) is 32.1 Å². The fourth-order valence-corrected chi connectivity index (χ4v) is 5.09. The van der Waals surface area contributed by atoms with Crippen molar-refractivity contribution in [3.05, 3.63) is 42.0 Å². The van der Waals surface area contributed by atoms with E-state index in [0.717, 1.165) is 27.4 Å². The molecule has 0 saturated carbocycles. The van der Waals surface area contributed by atoms with Crippen LogP contribution in [0.3, 0.4) is 0 Å². The number of amides is 1. The van der Waals surface area contributed by atoms with Gasteiger partial charge in [0.1, 0.15) is 16.2 Å². The van der Waals surface area contributed by atoms with Gasteiger partial charge in [0.05, 0.1) is 18.6 Å². The number of thioether (sulfide) groups is 1. The molecule has 1 aliphatic heterocycles. The zero-order valence-corrected chi connectivity index (χ0v) is 16.6. The van der Waals surface area contributed by atoms with Crippen molar-refractivity contribution in [3.8, 4) is 11.1 Å². The molecule has 27 heavy (non-hydrogen) atoms. The molecule has 3 heterocycles. The summed E-state index contributed by atoms with van der Waals surface area (Å²) in [5.41, 5.74) is 2.37. The minimum absolute atomic E-state index is 0.229. The Morgan fingerprint density at radius 2 is 2.00 bits per heavy atom. The van der Waals surface area contributed by atoms with Crippen LogP contribution in [0.1, 0.15) is 12.8 Å². The number of carbonyl (C=O) groups excluding carboxylic acids is 1. The highest BCUT2D eigenvalue weighted by molar-refractivity contribution is 7.99. The van der Waals surface area contributed by atoms with Crippen LogP contribution in [-0.4, -0.2) is 52.8 Å². The molecule has 1 saturated heterocycles. The Kier molecular flexibility index (Phi) is 6.01. The van der Waals surface area contributed by atoms with E-state index >= 15 is 0 Å². The summed E-state index contributed by atoms with van der Waals surface area (Å²) >= 11 is 3.36. The fraction of sp³-hybridized carbons (Fsp3) is 0.350. The number of fused-ring (bicyclic) bond motifs is 1. The molecular formula is C20H21N3O2S2. The van der Waals surface area contributed by atoms with Crippen molar-refractivity contribution < 1.29 is 9.53 Å². The number of ether oxygens (including phenoxy) is 1. The highest BCUT2D eigenvalue weighted by Gasteiger charge is 2.17. The molecule has 7 heteroatoms. The standard InChI is InChI=1S/C20H21N3O2S2/c24-17(23-8-10-25-11-9-23)7-4-12-26-19-18-16(15-5-2-1-3-6-15)13-27-20(18)22-14-21-19/h1-3,5-6,13-14H,4,7-12H2. The summed E-state index contributed by atoms with van der Waals surface area (Å²) in [4.78, 5) is 24.1. The van der Waals surface area contributed by atoms with Crippen molar-refractivity contribution in [2.45, 2.75) is 17.9 Å². The minimum Gasteiger partial charge on any atom is -0.378 e. The van der Waals surface area contributed by atoms with Crippen LogP contribution in [0.25, 0.3) is 21.3 Å². The average molecular weight is 400 g/mol. The van der Waals surface area contributed by atoms with Gasteiger partial charge in [0.25, 0.3) is 0 Å². The Bertz CT molecular complexity index is 908. The first-order chi connectivity index (χ1) is 13.3. The molecule has 0 aliphatic carbocycles. The molecule has 2 aromatic heterocycles. The fourth-order valence-electron chi connectivity index (χ4n) is 3.15. The van der Waals surface area contributed by atoms with Gasteiger partial charge in [-0.15, -0.1) is 23.1 Å². The van der Waals surface area contributed by atoms with Crippen LogP contribution in [0.15, 0.2) is 47.1 Å². The molecule has 5 nitrogen and oxygen atoms in total. The Hall–Kier alpha value is -1.96. The largest absolute Gasteiger partial charge is 0.378 e. The van der Waals surface area contributed by atoms with Gasteiger partial charge < -0.3 is 9.64 Å². The van der Waals surface area contributed by atoms with Crippen molar-refractivity contribution in [2.24, 2.45) is 0 Å². The maximum absolute atomic E-state index is 12.3. The summed E-state index contributed by atoms with van der Waals surface area (Å²) in [7, 11) is 0. The normalized spacial score (nSPS) is 14.6. The molecule has 1 aromatic carbocycles. The van der Waals surface area contributed by atoms with E-state index in [0.29, 0.717) is 32.7 Å². The SMILES string of the molecule is O=C(CCCSc1ncnc2scc(-c3ccccc3)c12)N1CCOCC1. The summed E-state index contributed by atoms with van der Waals surface area (Å²) in [6.45, 7) is 2.74. The van der Waals surface area contributed by atoms with Crippen LogP contribution in [0.2, 0.25) is 0 Å². The number of hydrogen-bond acceptors (Lipinski definition) is 6. The predicted octanol–water partition coefficient (Wildman–Crippen LogP) is 4.09. The molecule has 0 spiro atoms. The number of thiophene rings is 1. The highest BCUT2D eigenvalue weighted by Crippen LogP contribution is 2.37. The average Bonchev–Trinajstić information content (AvgIpc) is 3.17. The van der Waals surface area contributed by atoms with E-state index in [4.69, 9.17) is 4.74 Å². The summed E-state index contributed by atoms with van der Waals surface area (Å²) in [6.07, 6.45) is 3.06. The zero-order valence-electron chi connectivity index (χ0n) is 15.0. The number of morpholine rings is 1. The number of rotatable bonds is 6. The van der Waals surface area contributed by atoms with Crippen molar-refractivity contribution in [1.82, 2.24) is 14.9 Å². The first kappa shape index (κ1) is 18.4. The molecular weight excluding hydrogens is 378 g/mol. The first-order valence-corrected chi connectivity index (χ1v) is 11.0. The second-order valence-corrected chi connectivity index (χ2v) is 8.26. The molecule has 0 unspecified atom stereocenters. The molecule has 0 radical (unpaired) electrons. The van der Waals surface area contributed by atoms with Crippen molar-refractivity contribution in [1.29, 1.82) is 0 Å². The van der Waals surface area contributed by atoms with Gasteiger partial charge in [-0.25, -0.2) is 9.97 Å². The molecule has 0 N–H and O–H groups in total. The highest BCUT2D eigenvalue weighted by atomic mass is 32.2. The summed E-state index contributed by atoms with van der Waals surface area (Å²) in [5, 5.41) is 4.28. The topological polar surface area (TPSA) is 55.3 Å². The quantitative estimate of drug-likeness (QED) is 0.355.